The predicted molar refractivity (Wildman–Crippen MR) is 72.9 cm³/mol. The van der Waals surface area contributed by atoms with Gasteiger partial charge in [0, 0.05) is 12.7 Å². The standard InChI is InChI=1S/C12H11BrFN3O3/c13-8-6-9-7(5-10(8)17(18)19)12(14)15-16(9)11-3-1-2-4-20-11/h5-6,11H,1-4H2. The number of nitrogens with zero attached hydrogens (tertiary/aromatic N) is 3. The zero-order valence-corrected chi connectivity index (χ0v) is 12.0. The Balaban J connectivity index is 2.15. The lowest BCUT2D eigenvalue weighted by molar-refractivity contribution is -0.385. The molecule has 8 heteroatoms. The van der Waals surface area contributed by atoms with E-state index in [0.717, 1.165) is 19.3 Å². The molecule has 1 atom stereocenters. The zero-order valence-electron chi connectivity index (χ0n) is 10.4. The first-order valence-corrected chi connectivity index (χ1v) is 7.00. The van der Waals surface area contributed by atoms with E-state index >= 15 is 0 Å². The van der Waals surface area contributed by atoms with Gasteiger partial charge in [-0.2, -0.15) is 4.39 Å². The summed E-state index contributed by atoms with van der Waals surface area (Å²) in [6, 6.07) is 2.71. The van der Waals surface area contributed by atoms with E-state index in [2.05, 4.69) is 21.0 Å². The minimum Gasteiger partial charge on any atom is -0.356 e. The summed E-state index contributed by atoms with van der Waals surface area (Å²) in [4.78, 5) is 10.3. The van der Waals surface area contributed by atoms with E-state index in [1.807, 2.05) is 0 Å². The largest absolute Gasteiger partial charge is 0.356 e. The molecule has 1 aromatic heterocycles. The SMILES string of the molecule is O=[N+]([O-])c1cc2c(F)nn(C3CCCCO3)c2cc1Br. The van der Waals surface area contributed by atoms with Crippen LogP contribution in [0.25, 0.3) is 10.9 Å². The molecule has 3 rings (SSSR count). The van der Waals surface area contributed by atoms with Crippen LogP contribution in [0.15, 0.2) is 16.6 Å². The van der Waals surface area contributed by atoms with Crippen LogP contribution in [-0.2, 0) is 4.74 Å². The summed E-state index contributed by atoms with van der Waals surface area (Å²) in [6.07, 6.45) is 2.41. The Kier molecular flexibility index (Phi) is 3.43. The van der Waals surface area contributed by atoms with Gasteiger partial charge in [-0.05, 0) is 41.3 Å². The summed E-state index contributed by atoms with van der Waals surface area (Å²) < 4.78 is 21.3. The van der Waals surface area contributed by atoms with Gasteiger partial charge in [0.05, 0.1) is 20.3 Å². The molecule has 1 unspecified atom stereocenters. The van der Waals surface area contributed by atoms with E-state index in [1.54, 1.807) is 0 Å². The third-order valence-corrected chi connectivity index (χ3v) is 3.99. The number of aromatic nitrogens is 2. The normalized spacial score (nSPS) is 19.4. The van der Waals surface area contributed by atoms with E-state index in [-0.39, 0.29) is 17.3 Å². The molecular weight excluding hydrogens is 333 g/mol. The summed E-state index contributed by atoms with van der Waals surface area (Å²) in [6.45, 7) is 0.613. The van der Waals surface area contributed by atoms with E-state index in [4.69, 9.17) is 4.74 Å². The van der Waals surface area contributed by atoms with Gasteiger partial charge in [-0.3, -0.25) is 10.1 Å². The molecule has 106 valence electrons. The topological polar surface area (TPSA) is 70.2 Å². The van der Waals surface area contributed by atoms with Gasteiger partial charge in [0.15, 0.2) is 6.23 Å². The van der Waals surface area contributed by atoms with Crippen molar-refractivity contribution in [1.29, 1.82) is 0 Å². The van der Waals surface area contributed by atoms with Gasteiger partial charge in [-0.1, -0.05) is 0 Å². The van der Waals surface area contributed by atoms with Crippen LogP contribution in [0.1, 0.15) is 25.5 Å². The smallest absolute Gasteiger partial charge is 0.284 e. The lowest BCUT2D eigenvalue weighted by Gasteiger charge is -2.23. The van der Waals surface area contributed by atoms with E-state index in [1.165, 1.54) is 16.8 Å². The highest BCUT2D eigenvalue weighted by Gasteiger charge is 2.24. The van der Waals surface area contributed by atoms with Crippen LogP contribution in [0, 0.1) is 16.1 Å². The van der Waals surface area contributed by atoms with E-state index in [9.17, 15) is 14.5 Å². The van der Waals surface area contributed by atoms with E-state index in [0.29, 0.717) is 16.6 Å². The lowest BCUT2D eigenvalue weighted by Crippen LogP contribution is -2.19. The van der Waals surface area contributed by atoms with Crippen LogP contribution in [0.2, 0.25) is 0 Å². The number of nitro benzene ring substituents is 1. The molecule has 0 saturated carbocycles. The number of nitro groups is 1. The Morgan fingerprint density at radius 3 is 2.95 bits per heavy atom. The molecule has 0 aliphatic carbocycles. The zero-order chi connectivity index (χ0) is 14.3. The molecule has 1 aliphatic heterocycles. The molecule has 1 fully saturated rings. The summed E-state index contributed by atoms with van der Waals surface area (Å²) in [5.74, 6) is -0.718. The average molecular weight is 344 g/mol. The molecule has 2 heterocycles. The van der Waals surface area contributed by atoms with Crippen LogP contribution in [0.3, 0.4) is 0 Å². The number of hydrogen-bond donors (Lipinski definition) is 0. The maximum absolute atomic E-state index is 13.9. The fraction of sp³-hybridized carbons (Fsp3) is 0.417. The Hall–Kier alpha value is -1.54. The third-order valence-electron chi connectivity index (χ3n) is 3.35. The van der Waals surface area contributed by atoms with Crippen LogP contribution in [0.4, 0.5) is 10.1 Å². The van der Waals surface area contributed by atoms with Crippen molar-refractivity contribution < 1.29 is 14.1 Å². The van der Waals surface area contributed by atoms with Crippen molar-refractivity contribution in [3.05, 3.63) is 32.7 Å². The number of hydrogen-bond acceptors (Lipinski definition) is 4. The first-order valence-electron chi connectivity index (χ1n) is 6.21. The molecule has 0 radical (unpaired) electrons. The third kappa shape index (κ3) is 2.18. The maximum atomic E-state index is 13.9. The Labute approximate surface area is 121 Å². The molecule has 6 nitrogen and oxygen atoms in total. The molecule has 0 N–H and O–H groups in total. The highest BCUT2D eigenvalue weighted by atomic mass is 79.9. The van der Waals surface area contributed by atoms with Crippen molar-refractivity contribution in [3.63, 3.8) is 0 Å². The summed E-state index contributed by atoms with van der Waals surface area (Å²) in [7, 11) is 0. The van der Waals surface area contributed by atoms with Gasteiger partial charge in [0.1, 0.15) is 0 Å². The maximum Gasteiger partial charge on any atom is 0.284 e. The van der Waals surface area contributed by atoms with Crippen LogP contribution in [-0.4, -0.2) is 21.3 Å². The van der Waals surface area contributed by atoms with Crippen molar-refractivity contribution >= 4 is 32.5 Å². The Morgan fingerprint density at radius 2 is 2.30 bits per heavy atom. The fourth-order valence-corrected chi connectivity index (χ4v) is 2.86. The average Bonchev–Trinajstić information content (AvgIpc) is 2.75. The molecular formula is C12H11BrFN3O3. The lowest BCUT2D eigenvalue weighted by atomic mass is 10.2. The Morgan fingerprint density at radius 1 is 1.50 bits per heavy atom. The van der Waals surface area contributed by atoms with E-state index < -0.39 is 10.9 Å². The second kappa shape index (κ2) is 5.10. The number of fused-ring (bicyclic) bond motifs is 1. The van der Waals surface area contributed by atoms with Gasteiger partial charge in [0.25, 0.3) is 5.69 Å². The van der Waals surface area contributed by atoms with Crippen molar-refractivity contribution in [2.45, 2.75) is 25.5 Å². The van der Waals surface area contributed by atoms with Gasteiger partial charge in [0.2, 0.25) is 5.95 Å². The van der Waals surface area contributed by atoms with Gasteiger partial charge < -0.3 is 4.74 Å². The monoisotopic (exact) mass is 343 g/mol. The van der Waals surface area contributed by atoms with Gasteiger partial charge in [-0.25, -0.2) is 4.68 Å². The summed E-state index contributed by atoms with van der Waals surface area (Å²) >= 11 is 3.14. The summed E-state index contributed by atoms with van der Waals surface area (Å²) in [5.41, 5.74) is 0.312. The molecule has 20 heavy (non-hydrogen) atoms. The number of rotatable bonds is 2. The van der Waals surface area contributed by atoms with Crippen molar-refractivity contribution in [2.75, 3.05) is 6.61 Å². The van der Waals surface area contributed by atoms with Crippen LogP contribution in [0.5, 0.6) is 0 Å². The van der Waals surface area contributed by atoms with Crippen molar-refractivity contribution in [1.82, 2.24) is 9.78 Å². The molecule has 2 aromatic rings. The Bertz CT molecular complexity index is 682. The molecule has 0 bridgehead atoms. The fourth-order valence-electron chi connectivity index (χ4n) is 2.38. The number of ether oxygens (including phenoxy) is 1. The minimum absolute atomic E-state index is 0.133. The molecule has 1 aromatic carbocycles. The van der Waals surface area contributed by atoms with Crippen LogP contribution < -0.4 is 0 Å². The second-order valence-corrected chi connectivity index (χ2v) is 5.49. The molecule has 1 saturated heterocycles. The first-order chi connectivity index (χ1) is 9.58. The molecule has 0 spiro atoms. The highest BCUT2D eigenvalue weighted by Crippen LogP contribution is 2.34. The number of halogens is 2. The highest BCUT2D eigenvalue weighted by molar-refractivity contribution is 9.10. The van der Waals surface area contributed by atoms with Gasteiger partial charge in [-0.15, -0.1) is 5.10 Å². The van der Waals surface area contributed by atoms with Crippen molar-refractivity contribution in [3.8, 4) is 0 Å². The van der Waals surface area contributed by atoms with Crippen molar-refractivity contribution in [2.24, 2.45) is 0 Å². The minimum atomic E-state index is -0.718. The van der Waals surface area contributed by atoms with Crippen LogP contribution >= 0.6 is 15.9 Å². The molecule has 0 amide bonds. The quantitative estimate of drug-likeness (QED) is 0.617. The van der Waals surface area contributed by atoms with Gasteiger partial charge >= 0.3 is 0 Å². The second-order valence-electron chi connectivity index (χ2n) is 4.63. The predicted octanol–water partition coefficient (Wildman–Crippen LogP) is 3.55. The molecule has 1 aliphatic rings. The summed E-state index contributed by atoms with van der Waals surface area (Å²) in [5, 5.41) is 14.9. The number of benzene rings is 1. The first kappa shape index (κ1) is 13.4.